The van der Waals surface area contributed by atoms with Crippen LogP contribution in [0.3, 0.4) is 0 Å². The van der Waals surface area contributed by atoms with Crippen molar-refractivity contribution in [3.63, 3.8) is 0 Å². The molecule has 1 aliphatic heterocycles. The van der Waals surface area contributed by atoms with Crippen molar-refractivity contribution in [2.24, 2.45) is 0 Å². The quantitative estimate of drug-likeness (QED) is 0.774. The molecule has 16 heavy (non-hydrogen) atoms. The molecule has 1 aliphatic rings. The average molecular weight is 222 g/mol. The maximum atomic E-state index is 8.85. The van der Waals surface area contributed by atoms with Crippen LogP contribution in [0.1, 0.15) is 5.69 Å². The predicted molar refractivity (Wildman–Crippen MR) is 62.5 cm³/mol. The van der Waals surface area contributed by atoms with Gasteiger partial charge in [-0.3, -0.25) is 9.88 Å². The summed E-state index contributed by atoms with van der Waals surface area (Å²) in [5, 5.41) is 8.85. The van der Waals surface area contributed by atoms with Gasteiger partial charge in [0.25, 0.3) is 0 Å². The standard InChI is InChI=1S/C11H18N4O/c1-10-8-13-11(9-12-10)15-4-2-14(3-5-15)6-7-16/h8-9,16H,2-7H2,1H3. The van der Waals surface area contributed by atoms with Gasteiger partial charge in [-0.25, -0.2) is 4.98 Å². The fraction of sp³-hybridized carbons (Fsp3) is 0.636. The van der Waals surface area contributed by atoms with Crippen molar-refractivity contribution in [1.29, 1.82) is 0 Å². The van der Waals surface area contributed by atoms with Gasteiger partial charge >= 0.3 is 0 Å². The van der Waals surface area contributed by atoms with E-state index in [4.69, 9.17) is 5.11 Å². The topological polar surface area (TPSA) is 52.5 Å². The van der Waals surface area contributed by atoms with Crippen LogP contribution in [-0.2, 0) is 0 Å². The van der Waals surface area contributed by atoms with Crippen LogP contribution in [0.15, 0.2) is 12.4 Å². The highest BCUT2D eigenvalue weighted by molar-refractivity contribution is 5.36. The molecule has 0 amide bonds. The van der Waals surface area contributed by atoms with Crippen molar-refractivity contribution in [2.45, 2.75) is 6.92 Å². The molecule has 1 saturated heterocycles. The second kappa shape index (κ2) is 5.23. The number of rotatable bonds is 3. The van der Waals surface area contributed by atoms with Crippen molar-refractivity contribution < 1.29 is 5.11 Å². The van der Waals surface area contributed by atoms with E-state index >= 15 is 0 Å². The summed E-state index contributed by atoms with van der Waals surface area (Å²) >= 11 is 0. The molecule has 0 spiro atoms. The zero-order chi connectivity index (χ0) is 11.4. The molecule has 0 aromatic carbocycles. The van der Waals surface area contributed by atoms with Gasteiger partial charge in [-0.15, -0.1) is 0 Å². The first-order valence-corrected chi connectivity index (χ1v) is 5.66. The number of aromatic nitrogens is 2. The number of aliphatic hydroxyl groups is 1. The third kappa shape index (κ3) is 2.68. The van der Waals surface area contributed by atoms with E-state index in [9.17, 15) is 0 Å². The lowest BCUT2D eigenvalue weighted by Crippen LogP contribution is -2.47. The molecule has 5 nitrogen and oxygen atoms in total. The Bertz CT molecular complexity index is 319. The summed E-state index contributed by atoms with van der Waals surface area (Å²) in [6.45, 7) is 6.83. The second-order valence-electron chi connectivity index (χ2n) is 4.07. The maximum absolute atomic E-state index is 8.85. The van der Waals surface area contributed by atoms with Crippen molar-refractivity contribution >= 4 is 5.82 Å². The lowest BCUT2D eigenvalue weighted by Gasteiger charge is -2.34. The average Bonchev–Trinajstić information content (AvgIpc) is 2.32. The maximum Gasteiger partial charge on any atom is 0.147 e. The monoisotopic (exact) mass is 222 g/mol. The van der Waals surface area contributed by atoms with E-state index in [-0.39, 0.29) is 6.61 Å². The Morgan fingerprint density at radius 3 is 2.50 bits per heavy atom. The van der Waals surface area contributed by atoms with Gasteiger partial charge in [-0.1, -0.05) is 0 Å². The summed E-state index contributed by atoms with van der Waals surface area (Å²) in [6, 6.07) is 0. The Labute approximate surface area is 95.7 Å². The first-order valence-electron chi connectivity index (χ1n) is 5.66. The second-order valence-corrected chi connectivity index (χ2v) is 4.07. The van der Waals surface area contributed by atoms with Crippen LogP contribution in [0.25, 0.3) is 0 Å². The Morgan fingerprint density at radius 1 is 1.19 bits per heavy atom. The first-order chi connectivity index (χ1) is 7.79. The van der Waals surface area contributed by atoms with Crippen LogP contribution in [-0.4, -0.2) is 59.3 Å². The summed E-state index contributed by atoms with van der Waals surface area (Å²) < 4.78 is 0. The largest absolute Gasteiger partial charge is 0.395 e. The van der Waals surface area contributed by atoms with Crippen molar-refractivity contribution in [3.05, 3.63) is 18.1 Å². The number of aliphatic hydroxyl groups excluding tert-OH is 1. The third-order valence-electron chi connectivity index (χ3n) is 2.88. The van der Waals surface area contributed by atoms with Crippen LogP contribution in [0, 0.1) is 6.92 Å². The molecule has 1 aromatic heterocycles. The molecule has 0 atom stereocenters. The smallest absolute Gasteiger partial charge is 0.147 e. The number of nitrogens with zero attached hydrogens (tertiary/aromatic N) is 4. The lowest BCUT2D eigenvalue weighted by atomic mass is 10.3. The van der Waals surface area contributed by atoms with E-state index in [1.165, 1.54) is 0 Å². The van der Waals surface area contributed by atoms with Crippen molar-refractivity contribution in [3.8, 4) is 0 Å². The minimum atomic E-state index is 0.240. The van der Waals surface area contributed by atoms with E-state index in [1.54, 1.807) is 6.20 Å². The Morgan fingerprint density at radius 2 is 1.94 bits per heavy atom. The zero-order valence-electron chi connectivity index (χ0n) is 9.63. The summed E-state index contributed by atoms with van der Waals surface area (Å²) in [5.41, 5.74) is 0.947. The van der Waals surface area contributed by atoms with Crippen molar-refractivity contribution in [2.75, 3.05) is 44.2 Å². The van der Waals surface area contributed by atoms with E-state index in [1.807, 2.05) is 13.1 Å². The molecule has 0 bridgehead atoms. The summed E-state index contributed by atoms with van der Waals surface area (Å²) in [5.74, 6) is 0.953. The lowest BCUT2D eigenvalue weighted by molar-refractivity contribution is 0.188. The van der Waals surface area contributed by atoms with E-state index in [0.29, 0.717) is 0 Å². The number of β-amino-alcohol motifs (C(OH)–C–C–N with tert-alkyl or cyclic N) is 1. The third-order valence-corrected chi connectivity index (χ3v) is 2.88. The molecular weight excluding hydrogens is 204 g/mol. The minimum Gasteiger partial charge on any atom is -0.395 e. The van der Waals surface area contributed by atoms with Gasteiger partial charge in [0, 0.05) is 32.7 Å². The van der Waals surface area contributed by atoms with E-state index in [0.717, 1.165) is 44.2 Å². The number of piperazine rings is 1. The van der Waals surface area contributed by atoms with Crippen LogP contribution < -0.4 is 4.90 Å². The summed E-state index contributed by atoms with van der Waals surface area (Å²) in [6.07, 6.45) is 3.63. The van der Waals surface area contributed by atoms with Crippen molar-refractivity contribution in [1.82, 2.24) is 14.9 Å². The summed E-state index contributed by atoms with van der Waals surface area (Å²) in [4.78, 5) is 13.1. The molecule has 0 aliphatic carbocycles. The number of hydrogen-bond acceptors (Lipinski definition) is 5. The Hall–Kier alpha value is -1.20. The number of anilines is 1. The Kier molecular flexibility index (Phi) is 3.69. The molecule has 0 radical (unpaired) electrons. The minimum absolute atomic E-state index is 0.240. The van der Waals surface area contributed by atoms with Crippen LogP contribution >= 0.6 is 0 Å². The fourth-order valence-corrected chi connectivity index (χ4v) is 1.89. The first kappa shape index (κ1) is 11.3. The SMILES string of the molecule is Cc1cnc(N2CCN(CCO)CC2)cn1. The van der Waals surface area contributed by atoms with Crippen LogP contribution in [0.2, 0.25) is 0 Å². The highest BCUT2D eigenvalue weighted by atomic mass is 16.3. The number of aryl methyl sites for hydroxylation is 1. The molecule has 2 heterocycles. The van der Waals surface area contributed by atoms with Crippen LogP contribution in [0.4, 0.5) is 5.82 Å². The van der Waals surface area contributed by atoms with E-state index < -0.39 is 0 Å². The molecule has 88 valence electrons. The molecule has 1 fully saturated rings. The molecule has 0 unspecified atom stereocenters. The highest BCUT2D eigenvalue weighted by Crippen LogP contribution is 2.11. The van der Waals surface area contributed by atoms with E-state index in [2.05, 4.69) is 19.8 Å². The molecular formula is C11H18N4O. The normalized spacial score (nSPS) is 17.8. The van der Waals surface area contributed by atoms with Crippen LogP contribution in [0.5, 0.6) is 0 Å². The molecule has 0 saturated carbocycles. The molecule has 1 aromatic rings. The molecule has 5 heteroatoms. The predicted octanol–water partition coefficient (Wildman–Crippen LogP) is -0.101. The summed E-state index contributed by atoms with van der Waals surface area (Å²) in [7, 11) is 0. The number of hydrogen-bond donors (Lipinski definition) is 1. The van der Waals surface area contributed by atoms with Gasteiger partial charge in [0.2, 0.25) is 0 Å². The Balaban J connectivity index is 1.91. The fourth-order valence-electron chi connectivity index (χ4n) is 1.89. The van der Waals surface area contributed by atoms with Gasteiger partial charge in [0.05, 0.1) is 24.7 Å². The zero-order valence-corrected chi connectivity index (χ0v) is 9.63. The van der Waals surface area contributed by atoms with Gasteiger partial charge in [0.1, 0.15) is 5.82 Å². The van der Waals surface area contributed by atoms with Gasteiger partial charge < -0.3 is 10.0 Å². The molecule has 2 rings (SSSR count). The highest BCUT2D eigenvalue weighted by Gasteiger charge is 2.17. The van der Waals surface area contributed by atoms with Gasteiger partial charge in [-0.2, -0.15) is 0 Å². The van der Waals surface area contributed by atoms with Gasteiger partial charge in [0.15, 0.2) is 0 Å². The van der Waals surface area contributed by atoms with Gasteiger partial charge in [-0.05, 0) is 6.92 Å². The molecule has 1 N–H and O–H groups in total.